The van der Waals surface area contributed by atoms with Crippen molar-refractivity contribution in [1.82, 2.24) is 15.2 Å². The van der Waals surface area contributed by atoms with Crippen LogP contribution < -0.4 is 14.9 Å². The number of nitrogens with zero attached hydrogens (tertiary/aromatic N) is 4. The van der Waals surface area contributed by atoms with Gasteiger partial charge >= 0.3 is 5.97 Å². The molecular weight excluding hydrogens is 362 g/mol. The summed E-state index contributed by atoms with van der Waals surface area (Å²) in [7, 11) is 1.47. The van der Waals surface area contributed by atoms with Crippen LogP contribution in [0.4, 0.5) is 5.95 Å². The van der Waals surface area contributed by atoms with Gasteiger partial charge in [-0.3, -0.25) is 0 Å². The van der Waals surface area contributed by atoms with E-state index in [9.17, 15) is 4.79 Å². The predicted molar refractivity (Wildman–Crippen MR) is 103 cm³/mol. The molecule has 0 saturated carbocycles. The van der Waals surface area contributed by atoms with Crippen LogP contribution in [-0.2, 0) is 4.79 Å². The first-order valence-electron chi connectivity index (χ1n) is 8.23. The monoisotopic (exact) mass is 379 g/mol. The minimum atomic E-state index is -1.09. The highest BCUT2D eigenvalue weighted by atomic mass is 16.5. The molecule has 0 aliphatic heterocycles. The molecule has 0 spiro atoms. The Kier molecular flexibility index (Phi) is 6.09. The Morgan fingerprint density at radius 3 is 2.79 bits per heavy atom. The van der Waals surface area contributed by atoms with E-state index in [4.69, 9.17) is 14.6 Å². The topological polar surface area (TPSA) is 119 Å². The summed E-state index contributed by atoms with van der Waals surface area (Å²) in [6, 6.07) is 14.7. The van der Waals surface area contributed by atoms with Crippen LogP contribution in [0.15, 0.2) is 59.8 Å². The molecule has 0 aliphatic carbocycles. The van der Waals surface area contributed by atoms with Gasteiger partial charge in [-0.2, -0.15) is 10.2 Å². The van der Waals surface area contributed by atoms with Crippen molar-refractivity contribution in [2.45, 2.75) is 0 Å². The van der Waals surface area contributed by atoms with Gasteiger partial charge in [0.05, 0.1) is 25.2 Å². The van der Waals surface area contributed by atoms with Crippen molar-refractivity contribution in [2.24, 2.45) is 5.10 Å². The van der Waals surface area contributed by atoms with Crippen LogP contribution in [0.5, 0.6) is 11.5 Å². The van der Waals surface area contributed by atoms with E-state index >= 15 is 0 Å². The van der Waals surface area contributed by atoms with Crippen LogP contribution in [0.1, 0.15) is 5.56 Å². The number of nitrogens with one attached hydrogen (secondary N) is 1. The number of methoxy groups -OCH3 is 1. The zero-order chi connectivity index (χ0) is 19.8. The Morgan fingerprint density at radius 1 is 1.21 bits per heavy atom. The number of hydrogen-bond acceptors (Lipinski definition) is 8. The van der Waals surface area contributed by atoms with E-state index in [1.165, 1.54) is 13.3 Å². The van der Waals surface area contributed by atoms with Gasteiger partial charge in [0, 0.05) is 11.1 Å². The first kappa shape index (κ1) is 18.8. The van der Waals surface area contributed by atoms with Gasteiger partial charge in [-0.25, -0.2) is 15.2 Å². The molecule has 0 aliphatic rings. The second-order valence-electron chi connectivity index (χ2n) is 5.46. The molecule has 0 amide bonds. The van der Waals surface area contributed by atoms with E-state index in [2.05, 4.69) is 25.7 Å². The Labute approximate surface area is 160 Å². The van der Waals surface area contributed by atoms with Crippen LogP contribution >= 0.6 is 0 Å². The maximum Gasteiger partial charge on any atom is 0.341 e. The zero-order valence-electron chi connectivity index (χ0n) is 14.9. The van der Waals surface area contributed by atoms with E-state index in [0.29, 0.717) is 17.0 Å². The van der Waals surface area contributed by atoms with Gasteiger partial charge < -0.3 is 14.6 Å². The SMILES string of the molecule is COc1cccc(/C=N\Nc2nncc(-c3ccccc3)n2)c1OCC(=O)O. The molecule has 1 heterocycles. The van der Waals surface area contributed by atoms with Gasteiger partial charge in [-0.15, -0.1) is 5.10 Å². The third-order valence-electron chi connectivity index (χ3n) is 3.57. The van der Waals surface area contributed by atoms with Crippen LogP contribution in [-0.4, -0.2) is 46.2 Å². The Hall–Kier alpha value is -4.01. The molecule has 1 aromatic heterocycles. The maximum atomic E-state index is 10.8. The minimum absolute atomic E-state index is 0.216. The predicted octanol–water partition coefficient (Wildman–Crippen LogP) is 2.46. The number of hydrazone groups is 1. The highest BCUT2D eigenvalue weighted by Gasteiger charge is 2.11. The Bertz CT molecular complexity index is 979. The molecule has 0 fully saturated rings. The molecule has 2 N–H and O–H groups in total. The fourth-order valence-corrected chi connectivity index (χ4v) is 2.34. The van der Waals surface area contributed by atoms with Crippen molar-refractivity contribution in [3.05, 3.63) is 60.3 Å². The molecule has 142 valence electrons. The van der Waals surface area contributed by atoms with Crippen LogP contribution in [0.2, 0.25) is 0 Å². The molecule has 3 rings (SSSR count). The van der Waals surface area contributed by atoms with Crippen LogP contribution in [0.25, 0.3) is 11.3 Å². The van der Waals surface area contributed by atoms with Crippen molar-refractivity contribution in [3.8, 4) is 22.8 Å². The fourth-order valence-electron chi connectivity index (χ4n) is 2.34. The normalized spacial score (nSPS) is 10.6. The number of carbonyl (C=O) groups is 1. The van der Waals surface area contributed by atoms with Crippen molar-refractivity contribution < 1.29 is 19.4 Å². The van der Waals surface area contributed by atoms with Crippen molar-refractivity contribution in [1.29, 1.82) is 0 Å². The van der Waals surface area contributed by atoms with E-state index in [0.717, 1.165) is 5.56 Å². The average Bonchev–Trinajstić information content (AvgIpc) is 2.73. The molecule has 9 heteroatoms. The molecule has 0 atom stereocenters. The number of aromatic nitrogens is 3. The van der Waals surface area contributed by atoms with E-state index in [1.807, 2.05) is 30.3 Å². The maximum absolute atomic E-state index is 10.8. The summed E-state index contributed by atoms with van der Waals surface area (Å²) in [5.74, 6) is -0.207. The average molecular weight is 379 g/mol. The number of carboxylic acids is 1. The van der Waals surface area contributed by atoms with Crippen LogP contribution in [0.3, 0.4) is 0 Å². The molecule has 0 bridgehead atoms. The van der Waals surface area contributed by atoms with Crippen molar-refractivity contribution in [3.63, 3.8) is 0 Å². The standard InChI is InChI=1S/C19H17N5O4/c1-27-16-9-5-8-14(18(16)28-12-17(25)26)10-20-23-19-22-15(11-21-24-19)13-6-3-2-4-7-13/h2-11H,12H2,1H3,(H,25,26)(H,22,23,24)/b20-10-. The van der Waals surface area contributed by atoms with Gasteiger partial charge in [-0.05, 0) is 12.1 Å². The summed E-state index contributed by atoms with van der Waals surface area (Å²) in [5, 5.41) is 20.7. The molecule has 2 aromatic carbocycles. The lowest BCUT2D eigenvalue weighted by Gasteiger charge is -2.11. The first-order chi connectivity index (χ1) is 13.7. The van der Waals surface area contributed by atoms with Gasteiger partial charge in [0.2, 0.25) is 0 Å². The molecule has 9 nitrogen and oxygen atoms in total. The first-order valence-corrected chi connectivity index (χ1v) is 8.23. The summed E-state index contributed by atoms with van der Waals surface area (Å²) in [6.45, 7) is -0.499. The minimum Gasteiger partial charge on any atom is -0.493 e. The summed E-state index contributed by atoms with van der Waals surface area (Å²) in [4.78, 5) is 15.2. The molecule has 3 aromatic rings. The molecular formula is C19H17N5O4. The lowest BCUT2D eigenvalue weighted by Crippen LogP contribution is -2.11. The number of hydrogen-bond donors (Lipinski definition) is 2. The van der Waals surface area contributed by atoms with Gasteiger partial charge in [0.15, 0.2) is 18.1 Å². The van der Waals surface area contributed by atoms with Gasteiger partial charge in [0.25, 0.3) is 5.95 Å². The second kappa shape index (κ2) is 9.08. The summed E-state index contributed by atoms with van der Waals surface area (Å²) in [6.07, 6.45) is 3.02. The Balaban J connectivity index is 1.77. The summed E-state index contributed by atoms with van der Waals surface area (Å²) in [5.41, 5.74) is 4.79. The number of rotatable bonds is 8. The molecule has 28 heavy (non-hydrogen) atoms. The van der Waals surface area contributed by atoms with Crippen molar-refractivity contribution >= 4 is 18.1 Å². The largest absolute Gasteiger partial charge is 0.493 e. The highest BCUT2D eigenvalue weighted by molar-refractivity contribution is 5.85. The number of para-hydroxylation sites is 1. The quantitative estimate of drug-likeness (QED) is 0.452. The zero-order valence-corrected chi connectivity index (χ0v) is 14.9. The molecule has 0 unspecified atom stereocenters. The third-order valence-corrected chi connectivity index (χ3v) is 3.57. The smallest absolute Gasteiger partial charge is 0.341 e. The van der Waals surface area contributed by atoms with Crippen LogP contribution in [0, 0.1) is 0 Å². The Morgan fingerprint density at radius 2 is 2.04 bits per heavy atom. The van der Waals surface area contributed by atoms with Gasteiger partial charge in [0.1, 0.15) is 0 Å². The second-order valence-corrected chi connectivity index (χ2v) is 5.46. The lowest BCUT2D eigenvalue weighted by molar-refractivity contribution is -0.139. The third kappa shape index (κ3) is 4.79. The summed E-state index contributed by atoms with van der Waals surface area (Å²) >= 11 is 0. The number of ether oxygens (including phenoxy) is 2. The fraction of sp³-hybridized carbons (Fsp3) is 0.105. The number of anilines is 1. The van der Waals surface area contributed by atoms with E-state index in [1.54, 1.807) is 24.4 Å². The van der Waals surface area contributed by atoms with E-state index < -0.39 is 12.6 Å². The number of aliphatic carboxylic acids is 1. The van der Waals surface area contributed by atoms with Crippen molar-refractivity contribution in [2.75, 3.05) is 19.1 Å². The lowest BCUT2D eigenvalue weighted by atomic mass is 10.2. The molecule has 0 radical (unpaired) electrons. The number of carboxylic acid groups (broad SMARTS) is 1. The summed E-state index contributed by atoms with van der Waals surface area (Å²) < 4.78 is 10.5. The molecule has 0 saturated heterocycles. The number of benzene rings is 2. The highest BCUT2D eigenvalue weighted by Crippen LogP contribution is 2.30. The van der Waals surface area contributed by atoms with E-state index in [-0.39, 0.29) is 11.7 Å². The van der Waals surface area contributed by atoms with Gasteiger partial charge in [-0.1, -0.05) is 36.4 Å².